The Bertz CT molecular complexity index is 1260. The largest absolute Gasteiger partial charge is 0.368 e. The normalized spacial score (nSPS) is 14.3. The van der Waals surface area contributed by atoms with Gasteiger partial charge in [0.05, 0.1) is 11.1 Å². The van der Waals surface area contributed by atoms with E-state index in [9.17, 15) is 4.79 Å². The van der Waals surface area contributed by atoms with Gasteiger partial charge in [0, 0.05) is 24.0 Å². The first-order chi connectivity index (χ1) is 15.2. The van der Waals surface area contributed by atoms with Gasteiger partial charge in [-0.25, -0.2) is 9.97 Å². The summed E-state index contributed by atoms with van der Waals surface area (Å²) >= 11 is 0. The predicted octanol–water partition coefficient (Wildman–Crippen LogP) is 4.06. The van der Waals surface area contributed by atoms with Crippen LogP contribution >= 0.6 is 0 Å². The number of nitrogens with two attached hydrogens (primary N) is 1. The van der Waals surface area contributed by atoms with E-state index in [1.165, 1.54) is 12.8 Å². The van der Waals surface area contributed by atoms with Gasteiger partial charge in [0.15, 0.2) is 5.82 Å². The molecular formula is C25H25N5O. The number of hydrogen-bond donors (Lipinski definition) is 2. The highest BCUT2D eigenvalue weighted by Crippen LogP contribution is 2.29. The molecule has 4 aromatic rings. The van der Waals surface area contributed by atoms with E-state index in [2.05, 4.69) is 34.5 Å². The van der Waals surface area contributed by atoms with Gasteiger partial charge in [0.25, 0.3) is 5.91 Å². The van der Waals surface area contributed by atoms with Crippen LogP contribution in [0.25, 0.3) is 33.1 Å². The van der Waals surface area contributed by atoms with Gasteiger partial charge in [-0.3, -0.25) is 4.79 Å². The number of anilines is 1. The van der Waals surface area contributed by atoms with Crippen molar-refractivity contribution >= 4 is 33.4 Å². The SMILES string of the molecule is NC(=O)c1cccc2c(NCCN3CCCC3)nc(-c3ccc4ccccc4c3)nc12. The molecule has 0 saturated carbocycles. The number of nitrogens with zero attached hydrogens (tertiary/aromatic N) is 3. The Hall–Kier alpha value is -3.51. The van der Waals surface area contributed by atoms with E-state index >= 15 is 0 Å². The fourth-order valence-corrected chi connectivity index (χ4v) is 4.28. The first-order valence-electron chi connectivity index (χ1n) is 10.7. The van der Waals surface area contributed by atoms with Crippen molar-refractivity contribution in [2.75, 3.05) is 31.5 Å². The van der Waals surface area contributed by atoms with Crippen molar-refractivity contribution in [3.05, 3.63) is 66.2 Å². The van der Waals surface area contributed by atoms with E-state index < -0.39 is 5.91 Å². The van der Waals surface area contributed by atoms with E-state index in [0.717, 1.165) is 53.7 Å². The highest BCUT2D eigenvalue weighted by atomic mass is 16.1. The summed E-state index contributed by atoms with van der Waals surface area (Å²) in [4.78, 5) is 24.1. The van der Waals surface area contributed by atoms with Crippen molar-refractivity contribution < 1.29 is 4.79 Å². The Labute approximate surface area is 181 Å². The summed E-state index contributed by atoms with van der Waals surface area (Å²) in [6, 6.07) is 19.8. The predicted molar refractivity (Wildman–Crippen MR) is 125 cm³/mol. The summed E-state index contributed by atoms with van der Waals surface area (Å²) in [5.74, 6) is 0.822. The number of aromatic nitrogens is 2. The van der Waals surface area contributed by atoms with Gasteiger partial charge in [-0.1, -0.05) is 42.5 Å². The molecule has 0 bridgehead atoms. The third-order valence-electron chi connectivity index (χ3n) is 5.92. The second-order valence-corrected chi connectivity index (χ2v) is 8.00. The summed E-state index contributed by atoms with van der Waals surface area (Å²) in [5, 5.41) is 6.57. The Kier molecular flexibility index (Phi) is 5.22. The minimum atomic E-state index is -0.489. The molecule has 156 valence electrons. The number of carbonyl (C=O) groups excluding carboxylic acids is 1. The number of para-hydroxylation sites is 1. The number of carbonyl (C=O) groups is 1. The highest BCUT2D eigenvalue weighted by Gasteiger charge is 2.16. The summed E-state index contributed by atoms with van der Waals surface area (Å²) in [6.07, 6.45) is 2.54. The molecule has 1 aromatic heterocycles. The van der Waals surface area contributed by atoms with Crippen molar-refractivity contribution in [1.82, 2.24) is 14.9 Å². The number of hydrogen-bond acceptors (Lipinski definition) is 5. The van der Waals surface area contributed by atoms with Crippen LogP contribution < -0.4 is 11.1 Å². The molecule has 1 aliphatic rings. The molecule has 0 unspecified atom stereocenters. The van der Waals surface area contributed by atoms with E-state index in [-0.39, 0.29) is 0 Å². The topological polar surface area (TPSA) is 84.1 Å². The molecule has 3 aromatic carbocycles. The average Bonchev–Trinajstić information content (AvgIpc) is 3.31. The van der Waals surface area contributed by atoms with Crippen LogP contribution in [0.4, 0.5) is 5.82 Å². The van der Waals surface area contributed by atoms with E-state index in [1.807, 2.05) is 30.3 Å². The molecule has 6 heteroatoms. The van der Waals surface area contributed by atoms with Gasteiger partial charge in [-0.15, -0.1) is 0 Å². The fraction of sp³-hybridized carbons (Fsp3) is 0.240. The maximum absolute atomic E-state index is 12.1. The molecule has 5 rings (SSSR count). The number of primary amides is 1. The maximum atomic E-state index is 12.1. The molecule has 6 nitrogen and oxygen atoms in total. The molecular weight excluding hydrogens is 386 g/mol. The van der Waals surface area contributed by atoms with Gasteiger partial charge in [0.1, 0.15) is 5.82 Å². The van der Waals surface area contributed by atoms with Crippen LogP contribution in [0.5, 0.6) is 0 Å². The van der Waals surface area contributed by atoms with Gasteiger partial charge in [-0.2, -0.15) is 0 Å². The van der Waals surface area contributed by atoms with E-state index in [4.69, 9.17) is 15.7 Å². The number of benzene rings is 3. The van der Waals surface area contributed by atoms with Gasteiger partial charge in [0.2, 0.25) is 0 Å². The van der Waals surface area contributed by atoms with Gasteiger partial charge >= 0.3 is 0 Å². The third kappa shape index (κ3) is 3.94. The summed E-state index contributed by atoms with van der Waals surface area (Å²) in [6.45, 7) is 4.05. The second kappa shape index (κ2) is 8.32. The summed E-state index contributed by atoms with van der Waals surface area (Å²) in [7, 11) is 0. The first kappa shape index (κ1) is 19.5. The lowest BCUT2D eigenvalue weighted by Gasteiger charge is -2.17. The fourth-order valence-electron chi connectivity index (χ4n) is 4.28. The minimum Gasteiger partial charge on any atom is -0.368 e. The summed E-state index contributed by atoms with van der Waals surface area (Å²) < 4.78 is 0. The van der Waals surface area contributed by atoms with Gasteiger partial charge in [-0.05, 0) is 54.9 Å². The molecule has 0 radical (unpaired) electrons. The number of amides is 1. The van der Waals surface area contributed by atoms with Crippen LogP contribution in [0.2, 0.25) is 0 Å². The molecule has 1 fully saturated rings. The molecule has 0 aliphatic carbocycles. The quantitative estimate of drug-likeness (QED) is 0.500. The van der Waals surface area contributed by atoms with Gasteiger partial charge < -0.3 is 16.0 Å². The van der Waals surface area contributed by atoms with Crippen molar-refractivity contribution in [3.8, 4) is 11.4 Å². The standard InChI is InChI=1S/C25H25N5O/c26-23(31)20-8-5-9-21-22(20)28-24(19-11-10-17-6-1-2-7-18(17)16-19)29-25(21)27-12-15-30-13-3-4-14-30/h1-2,5-11,16H,3-4,12-15H2,(H2,26,31)(H,27,28,29). The number of likely N-dealkylation sites (tertiary alicyclic amines) is 1. The van der Waals surface area contributed by atoms with Crippen LogP contribution in [-0.4, -0.2) is 47.0 Å². The lowest BCUT2D eigenvalue weighted by atomic mass is 10.1. The van der Waals surface area contributed by atoms with Crippen molar-refractivity contribution in [2.24, 2.45) is 5.73 Å². The first-order valence-corrected chi connectivity index (χ1v) is 10.7. The molecule has 1 saturated heterocycles. The lowest BCUT2D eigenvalue weighted by molar-refractivity contribution is 0.100. The molecule has 1 aliphatic heterocycles. The van der Waals surface area contributed by atoms with Crippen LogP contribution in [0.1, 0.15) is 23.2 Å². The van der Waals surface area contributed by atoms with E-state index in [1.54, 1.807) is 6.07 Å². The number of nitrogens with one attached hydrogen (secondary N) is 1. The molecule has 31 heavy (non-hydrogen) atoms. The van der Waals surface area contributed by atoms with E-state index in [0.29, 0.717) is 16.9 Å². The second-order valence-electron chi connectivity index (χ2n) is 8.00. The molecule has 2 heterocycles. The minimum absolute atomic E-state index is 0.407. The Morgan fingerprint density at radius 1 is 0.968 bits per heavy atom. The zero-order valence-corrected chi connectivity index (χ0v) is 17.3. The maximum Gasteiger partial charge on any atom is 0.250 e. The highest BCUT2D eigenvalue weighted by molar-refractivity contribution is 6.07. The summed E-state index contributed by atoms with van der Waals surface area (Å²) in [5.41, 5.74) is 7.54. The smallest absolute Gasteiger partial charge is 0.250 e. The molecule has 1 amide bonds. The third-order valence-corrected chi connectivity index (χ3v) is 5.92. The molecule has 0 spiro atoms. The molecule has 0 atom stereocenters. The Morgan fingerprint density at radius 2 is 1.77 bits per heavy atom. The zero-order chi connectivity index (χ0) is 21.2. The molecule has 3 N–H and O–H groups in total. The van der Waals surface area contributed by atoms with Crippen LogP contribution in [-0.2, 0) is 0 Å². The van der Waals surface area contributed by atoms with Crippen molar-refractivity contribution in [3.63, 3.8) is 0 Å². The zero-order valence-electron chi connectivity index (χ0n) is 17.3. The monoisotopic (exact) mass is 411 g/mol. The number of fused-ring (bicyclic) bond motifs is 2. The lowest BCUT2D eigenvalue weighted by Crippen LogP contribution is -2.26. The van der Waals surface area contributed by atoms with Crippen LogP contribution in [0.3, 0.4) is 0 Å². The number of rotatable bonds is 6. The van der Waals surface area contributed by atoms with Crippen molar-refractivity contribution in [1.29, 1.82) is 0 Å². The Morgan fingerprint density at radius 3 is 2.58 bits per heavy atom. The van der Waals surface area contributed by atoms with Crippen LogP contribution in [0.15, 0.2) is 60.7 Å². The van der Waals surface area contributed by atoms with Crippen LogP contribution in [0, 0.1) is 0 Å². The Balaban J connectivity index is 1.58. The van der Waals surface area contributed by atoms with Crippen molar-refractivity contribution in [2.45, 2.75) is 12.8 Å². The average molecular weight is 412 g/mol.